The summed E-state index contributed by atoms with van der Waals surface area (Å²) in [6.45, 7) is 7.52. The number of nitrogens with zero attached hydrogens (tertiary/aromatic N) is 5. The maximum Gasteiger partial charge on any atom is 0.234 e. The molecular weight excluding hydrogens is 489 g/mol. The molecule has 28 heavy (non-hydrogen) atoms. The number of thiazole rings is 1. The van der Waals surface area contributed by atoms with Gasteiger partial charge < -0.3 is 20.4 Å². The Kier molecular flexibility index (Phi) is 9.22. The van der Waals surface area contributed by atoms with Crippen LogP contribution in [0.1, 0.15) is 25.5 Å². The summed E-state index contributed by atoms with van der Waals surface area (Å²) in [6, 6.07) is 0.435. The third kappa shape index (κ3) is 7.03. The lowest BCUT2D eigenvalue weighted by molar-refractivity contribution is -0.122. The molecule has 1 aliphatic carbocycles. The van der Waals surface area contributed by atoms with E-state index in [2.05, 4.69) is 37.7 Å². The van der Waals surface area contributed by atoms with Crippen molar-refractivity contribution in [1.29, 1.82) is 0 Å². The lowest BCUT2D eigenvalue weighted by atomic mass is 10.3. The quantitative estimate of drug-likeness (QED) is 0.319. The summed E-state index contributed by atoms with van der Waals surface area (Å²) in [7, 11) is 4.00. The van der Waals surface area contributed by atoms with Crippen LogP contribution < -0.4 is 15.5 Å². The van der Waals surface area contributed by atoms with Gasteiger partial charge in [-0.15, -0.1) is 35.3 Å². The van der Waals surface area contributed by atoms with Gasteiger partial charge in [-0.25, -0.2) is 9.98 Å². The molecule has 0 radical (unpaired) electrons. The number of halogens is 1. The molecular formula is C18H32IN7OS. The first kappa shape index (κ1) is 23.1. The highest BCUT2D eigenvalue weighted by Gasteiger charge is 2.25. The number of aromatic nitrogens is 1. The van der Waals surface area contributed by atoms with E-state index in [4.69, 9.17) is 4.99 Å². The van der Waals surface area contributed by atoms with Crippen molar-refractivity contribution in [1.82, 2.24) is 25.4 Å². The van der Waals surface area contributed by atoms with Gasteiger partial charge in [-0.05, 0) is 19.8 Å². The van der Waals surface area contributed by atoms with Crippen LogP contribution in [0.15, 0.2) is 10.4 Å². The van der Waals surface area contributed by atoms with Crippen molar-refractivity contribution in [3.8, 4) is 0 Å². The monoisotopic (exact) mass is 521 g/mol. The number of hydrogen-bond donors (Lipinski definition) is 2. The Bertz CT molecular complexity index is 654. The van der Waals surface area contributed by atoms with Crippen LogP contribution in [0.25, 0.3) is 0 Å². The largest absolute Gasteiger partial charge is 0.357 e. The zero-order chi connectivity index (χ0) is 19.2. The second-order valence-electron chi connectivity index (χ2n) is 7.29. The number of carbonyl (C=O) groups is 1. The second kappa shape index (κ2) is 11.1. The zero-order valence-corrected chi connectivity index (χ0v) is 20.1. The molecule has 1 amide bonds. The summed E-state index contributed by atoms with van der Waals surface area (Å²) >= 11 is 1.64. The third-order valence-electron chi connectivity index (χ3n) is 4.63. The smallest absolute Gasteiger partial charge is 0.234 e. The first-order valence-electron chi connectivity index (χ1n) is 9.72. The highest BCUT2D eigenvalue weighted by molar-refractivity contribution is 14.0. The molecule has 1 aliphatic heterocycles. The molecule has 1 saturated heterocycles. The van der Waals surface area contributed by atoms with E-state index in [0.717, 1.165) is 62.4 Å². The van der Waals surface area contributed by atoms with Crippen LogP contribution in [0, 0.1) is 0 Å². The highest BCUT2D eigenvalue weighted by atomic mass is 127. The van der Waals surface area contributed by atoms with Crippen LogP contribution in [-0.4, -0.2) is 86.1 Å². The molecule has 3 rings (SSSR count). The Balaban J connectivity index is 0.00000280. The van der Waals surface area contributed by atoms with Gasteiger partial charge in [0.15, 0.2) is 11.1 Å². The number of rotatable bonds is 7. The number of carbonyl (C=O) groups excluding carboxylic acids is 1. The summed E-state index contributed by atoms with van der Waals surface area (Å²) in [5.41, 5.74) is 0.995. The summed E-state index contributed by atoms with van der Waals surface area (Å²) in [5, 5.41) is 9.52. The predicted octanol–water partition coefficient (Wildman–Crippen LogP) is 1.19. The van der Waals surface area contributed by atoms with Gasteiger partial charge in [-0.3, -0.25) is 9.69 Å². The van der Waals surface area contributed by atoms with Crippen molar-refractivity contribution in [2.45, 2.75) is 32.4 Å². The summed E-state index contributed by atoms with van der Waals surface area (Å²) in [6.07, 6.45) is 2.27. The van der Waals surface area contributed by atoms with E-state index in [0.29, 0.717) is 19.1 Å². The van der Waals surface area contributed by atoms with Gasteiger partial charge in [0, 0.05) is 58.2 Å². The average molecular weight is 521 g/mol. The summed E-state index contributed by atoms with van der Waals surface area (Å²) < 4.78 is 0. The van der Waals surface area contributed by atoms with E-state index in [9.17, 15) is 4.79 Å². The standard InChI is InChI=1S/C18H31N7OS.HI/c1-4-19-17(20-11-15-13-27-18(22-15)23(2)3)25-9-7-24(8-10-25)12-16(26)21-14-5-6-14;/h13-14H,4-12H2,1-3H3,(H,19,20)(H,21,26);1H. The van der Waals surface area contributed by atoms with E-state index < -0.39 is 0 Å². The molecule has 0 bridgehead atoms. The minimum absolute atomic E-state index is 0. The van der Waals surface area contributed by atoms with Crippen molar-refractivity contribution in [2.24, 2.45) is 4.99 Å². The third-order valence-corrected chi connectivity index (χ3v) is 5.69. The molecule has 158 valence electrons. The van der Waals surface area contributed by atoms with E-state index in [1.54, 1.807) is 11.3 Å². The summed E-state index contributed by atoms with van der Waals surface area (Å²) in [5.74, 6) is 1.09. The minimum Gasteiger partial charge on any atom is -0.357 e. The molecule has 2 N–H and O–H groups in total. The number of anilines is 1. The molecule has 0 unspecified atom stereocenters. The van der Waals surface area contributed by atoms with E-state index in [-0.39, 0.29) is 29.9 Å². The van der Waals surface area contributed by atoms with E-state index in [1.807, 2.05) is 19.0 Å². The number of guanidine groups is 1. The molecule has 0 spiro atoms. The molecule has 1 aromatic heterocycles. The Labute approximate surface area is 188 Å². The molecule has 2 fully saturated rings. The van der Waals surface area contributed by atoms with Crippen LogP contribution in [0.2, 0.25) is 0 Å². The Morgan fingerprint density at radius 1 is 1.32 bits per heavy atom. The maximum atomic E-state index is 12.0. The van der Waals surface area contributed by atoms with Gasteiger partial charge in [0.1, 0.15) is 0 Å². The van der Waals surface area contributed by atoms with Gasteiger partial charge in [-0.1, -0.05) is 0 Å². The predicted molar refractivity (Wildman–Crippen MR) is 126 cm³/mol. The minimum atomic E-state index is 0. The van der Waals surface area contributed by atoms with Gasteiger partial charge in [-0.2, -0.15) is 0 Å². The number of nitrogens with one attached hydrogen (secondary N) is 2. The van der Waals surface area contributed by atoms with E-state index >= 15 is 0 Å². The number of hydrogen-bond acceptors (Lipinski definition) is 6. The molecule has 2 aliphatic rings. The topological polar surface area (TPSA) is 76.1 Å². The molecule has 10 heteroatoms. The van der Waals surface area contributed by atoms with Crippen LogP contribution in [-0.2, 0) is 11.3 Å². The molecule has 0 atom stereocenters. The number of aliphatic imine (C=N–C) groups is 1. The Morgan fingerprint density at radius 3 is 2.61 bits per heavy atom. The van der Waals surface area contributed by atoms with Crippen LogP contribution in [0.5, 0.6) is 0 Å². The molecule has 8 nitrogen and oxygen atoms in total. The highest BCUT2D eigenvalue weighted by Crippen LogP contribution is 2.19. The fourth-order valence-electron chi connectivity index (χ4n) is 2.98. The summed E-state index contributed by atoms with van der Waals surface area (Å²) in [4.78, 5) is 27.9. The Hall–Kier alpha value is -1.14. The van der Waals surface area contributed by atoms with Gasteiger partial charge in [0.25, 0.3) is 0 Å². The molecule has 0 aromatic carbocycles. The van der Waals surface area contributed by atoms with Gasteiger partial charge in [0.05, 0.1) is 18.8 Å². The first-order chi connectivity index (χ1) is 13.0. The average Bonchev–Trinajstić information content (AvgIpc) is 3.32. The van der Waals surface area contributed by atoms with Crippen LogP contribution in [0.4, 0.5) is 5.13 Å². The molecule has 1 aromatic rings. The van der Waals surface area contributed by atoms with Crippen LogP contribution in [0.3, 0.4) is 0 Å². The SMILES string of the molecule is CCNC(=NCc1csc(N(C)C)n1)N1CCN(CC(=O)NC2CC2)CC1.I. The fraction of sp³-hybridized carbons (Fsp3) is 0.722. The normalized spacial score (nSPS) is 17.8. The zero-order valence-electron chi connectivity index (χ0n) is 17.0. The van der Waals surface area contributed by atoms with Crippen molar-refractivity contribution in [3.63, 3.8) is 0 Å². The van der Waals surface area contributed by atoms with Gasteiger partial charge >= 0.3 is 0 Å². The van der Waals surface area contributed by atoms with Gasteiger partial charge in [0.2, 0.25) is 5.91 Å². The Morgan fingerprint density at radius 2 is 2.04 bits per heavy atom. The lowest BCUT2D eigenvalue weighted by Crippen LogP contribution is -2.54. The number of amides is 1. The van der Waals surface area contributed by atoms with Crippen molar-refractivity contribution >= 4 is 52.3 Å². The lowest BCUT2D eigenvalue weighted by Gasteiger charge is -2.36. The van der Waals surface area contributed by atoms with Crippen molar-refractivity contribution < 1.29 is 4.79 Å². The van der Waals surface area contributed by atoms with Crippen LogP contribution >= 0.6 is 35.3 Å². The maximum absolute atomic E-state index is 12.0. The molecule has 2 heterocycles. The molecule has 1 saturated carbocycles. The van der Waals surface area contributed by atoms with Crippen molar-refractivity contribution in [2.75, 3.05) is 58.3 Å². The van der Waals surface area contributed by atoms with E-state index in [1.165, 1.54) is 0 Å². The first-order valence-corrected chi connectivity index (χ1v) is 10.6. The number of piperazine rings is 1. The fourth-order valence-corrected chi connectivity index (χ4v) is 3.73. The second-order valence-corrected chi connectivity index (χ2v) is 8.13. The van der Waals surface area contributed by atoms with Crippen molar-refractivity contribution in [3.05, 3.63) is 11.1 Å².